The number of aliphatic hydroxyl groups excluding tert-OH is 1. The van der Waals surface area contributed by atoms with E-state index in [-0.39, 0.29) is 11.9 Å². The summed E-state index contributed by atoms with van der Waals surface area (Å²) in [6, 6.07) is 7.08. The van der Waals surface area contributed by atoms with Gasteiger partial charge in [-0.15, -0.1) is 0 Å². The lowest BCUT2D eigenvalue weighted by Crippen LogP contribution is -2.36. The molecule has 0 aromatic heterocycles. The van der Waals surface area contributed by atoms with Crippen LogP contribution in [0.1, 0.15) is 42.3 Å². The van der Waals surface area contributed by atoms with E-state index in [2.05, 4.69) is 0 Å². The average Bonchev–Trinajstić information content (AvgIpc) is 2.33. The van der Waals surface area contributed by atoms with Crippen molar-refractivity contribution in [3.63, 3.8) is 0 Å². The standard InChI is InChI=1S/C13H16O3/c1-3-8(2)12-11(14)9-6-4-5-7-10(9)13(15)16-12/h4-8,11-12,14H,3H2,1-2H3/t8?,11-,12-/m1/s1. The molecule has 0 spiro atoms. The van der Waals surface area contributed by atoms with E-state index in [0.717, 1.165) is 6.42 Å². The third kappa shape index (κ3) is 1.71. The molecule has 2 rings (SSSR count). The van der Waals surface area contributed by atoms with Crippen molar-refractivity contribution in [3.8, 4) is 0 Å². The molecule has 0 saturated heterocycles. The number of hydrogen-bond acceptors (Lipinski definition) is 3. The minimum absolute atomic E-state index is 0.160. The quantitative estimate of drug-likeness (QED) is 0.778. The Bertz CT molecular complexity index is 400. The van der Waals surface area contributed by atoms with Crippen LogP contribution in [0.3, 0.4) is 0 Å². The summed E-state index contributed by atoms with van der Waals surface area (Å²) in [5.41, 5.74) is 1.17. The number of hydrogen-bond donors (Lipinski definition) is 1. The Morgan fingerprint density at radius 3 is 2.81 bits per heavy atom. The van der Waals surface area contributed by atoms with Gasteiger partial charge in [0.2, 0.25) is 0 Å². The van der Waals surface area contributed by atoms with Gasteiger partial charge in [-0.2, -0.15) is 0 Å². The summed E-state index contributed by atoms with van der Waals surface area (Å²) in [7, 11) is 0. The largest absolute Gasteiger partial charge is 0.455 e. The van der Waals surface area contributed by atoms with Gasteiger partial charge in [0.05, 0.1) is 5.56 Å². The number of carbonyl (C=O) groups is 1. The van der Waals surface area contributed by atoms with Crippen molar-refractivity contribution in [2.24, 2.45) is 5.92 Å². The average molecular weight is 220 g/mol. The molecule has 0 saturated carbocycles. The van der Waals surface area contributed by atoms with Crippen molar-refractivity contribution in [3.05, 3.63) is 35.4 Å². The van der Waals surface area contributed by atoms with E-state index in [0.29, 0.717) is 11.1 Å². The van der Waals surface area contributed by atoms with Crippen LogP contribution in [0, 0.1) is 5.92 Å². The lowest BCUT2D eigenvalue weighted by atomic mass is 9.88. The number of esters is 1. The zero-order valence-electron chi connectivity index (χ0n) is 9.51. The van der Waals surface area contributed by atoms with E-state index in [9.17, 15) is 9.90 Å². The summed E-state index contributed by atoms with van der Waals surface area (Å²) in [6.07, 6.45) is -0.256. The molecule has 3 atom stereocenters. The van der Waals surface area contributed by atoms with Gasteiger partial charge in [0.1, 0.15) is 12.2 Å². The normalized spacial score (nSPS) is 25.8. The maximum absolute atomic E-state index is 11.7. The van der Waals surface area contributed by atoms with Crippen molar-refractivity contribution < 1.29 is 14.6 Å². The van der Waals surface area contributed by atoms with E-state index < -0.39 is 12.2 Å². The van der Waals surface area contributed by atoms with Gasteiger partial charge in [-0.05, 0) is 24.0 Å². The first kappa shape index (κ1) is 11.1. The van der Waals surface area contributed by atoms with Crippen molar-refractivity contribution >= 4 is 5.97 Å². The van der Waals surface area contributed by atoms with Crippen LogP contribution in [0.25, 0.3) is 0 Å². The van der Waals surface area contributed by atoms with Crippen molar-refractivity contribution in [1.29, 1.82) is 0 Å². The predicted octanol–water partition coefficient (Wildman–Crippen LogP) is 2.31. The molecule has 1 heterocycles. The first-order chi connectivity index (χ1) is 7.65. The fourth-order valence-electron chi connectivity index (χ4n) is 2.03. The maximum Gasteiger partial charge on any atom is 0.338 e. The third-order valence-electron chi connectivity index (χ3n) is 3.26. The molecule has 3 heteroatoms. The zero-order chi connectivity index (χ0) is 11.7. The summed E-state index contributed by atoms with van der Waals surface area (Å²) in [4.78, 5) is 11.7. The number of fused-ring (bicyclic) bond motifs is 1. The van der Waals surface area contributed by atoms with Crippen LogP contribution >= 0.6 is 0 Å². The highest BCUT2D eigenvalue weighted by molar-refractivity contribution is 5.92. The Labute approximate surface area is 95.0 Å². The van der Waals surface area contributed by atoms with Gasteiger partial charge in [-0.25, -0.2) is 4.79 Å². The summed E-state index contributed by atoms with van der Waals surface area (Å²) >= 11 is 0. The number of carbonyl (C=O) groups excluding carboxylic acids is 1. The second kappa shape index (κ2) is 4.26. The lowest BCUT2D eigenvalue weighted by Gasteiger charge is -2.33. The first-order valence-electron chi connectivity index (χ1n) is 5.63. The molecule has 1 aliphatic heterocycles. The van der Waals surface area contributed by atoms with E-state index in [4.69, 9.17) is 4.74 Å². The monoisotopic (exact) mass is 220 g/mol. The maximum atomic E-state index is 11.7. The molecule has 1 aromatic rings. The summed E-state index contributed by atoms with van der Waals surface area (Å²) < 4.78 is 5.29. The fraction of sp³-hybridized carbons (Fsp3) is 0.462. The van der Waals surface area contributed by atoms with Gasteiger partial charge >= 0.3 is 5.97 Å². The number of cyclic esters (lactones) is 1. The van der Waals surface area contributed by atoms with E-state index in [1.807, 2.05) is 19.9 Å². The molecule has 0 aliphatic carbocycles. The molecule has 1 aromatic carbocycles. The number of aliphatic hydroxyl groups is 1. The van der Waals surface area contributed by atoms with Crippen LogP contribution in [0.4, 0.5) is 0 Å². The summed E-state index contributed by atoms with van der Waals surface area (Å²) in [5.74, 6) is -0.168. The fourth-order valence-corrected chi connectivity index (χ4v) is 2.03. The van der Waals surface area contributed by atoms with E-state index >= 15 is 0 Å². The van der Waals surface area contributed by atoms with Crippen molar-refractivity contribution in [2.45, 2.75) is 32.5 Å². The predicted molar refractivity (Wildman–Crippen MR) is 60.1 cm³/mol. The van der Waals surface area contributed by atoms with Gasteiger partial charge in [0.25, 0.3) is 0 Å². The molecule has 1 N–H and O–H groups in total. The highest BCUT2D eigenvalue weighted by Gasteiger charge is 2.36. The second-order valence-corrected chi connectivity index (χ2v) is 4.29. The number of ether oxygens (including phenoxy) is 1. The SMILES string of the molecule is CCC(C)[C@H]1OC(=O)c2ccccc2[C@H]1O. The van der Waals surface area contributed by atoms with Gasteiger partial charge in [-0.3, -0.25) is 0 Å². The Morgan fingerprint density at radius 1 is 1.44 bits per heavy atom. The Kier molecular flexibility index (Phi) is 2.97. The van der Waals surface area contributed by atoms with E-state index in [1.165, 1.54) is 0 Å². The highest BCUT2D eigenvalue weighted by Crippen LogP contribution is 2.33. The topological polar surface area (TPSA) is 46.5 Å². The molecule has 0 amide bonds. The van der Waals surface area contributed by atoms with Crippen LogP contribution < -0.4 is 0 Å². The smallest absolute Gasteiger partial charge is 0.338 e. The molecule has 0 bridgehead atoms. The summed E-state index contributed by atoms with van der Waals surface area (Å²) in [5, 5.41) is 10.2. The zero-order valence-corrected chi connectivity index (χ0v) is 9.51. The van der Waals surface area contributed by atoms with Gasteiger partial charge in [0, 0.05) is 0 Å². The molecule has 0 fully saturated rings. The van der Waals surface area contributed by atoms with Gasteiger partial charge < -0.3 is 9.84 Å². The summed E-state index contributed by atoms with van der Waals surface area (Å²) in [6.45, 7) is 4.00. The lowest BCUT2D eigenvalue weighted by molar-refractivity contribution is -0.0514. The minimum Gasteiger partial charge on any atom is -0.455 e. The van der Waals surface area contributed by atoms with Gasteiger partial charge in [-0.1, -0.05) is 32.0 Å². The highest BCUT2D eigenvalue weighted by atomic mass is 16.6. The molecule has 1 unspecified atom stereocenters. The van der Waals surface area contributed by atoms with Crippen molar-refractivity contribution in [1.82, 2.24) is 0 Å². The molecule has 0 radical (unpaired) electrons. The van der Waals surface area contributed by atoms with Gasteiger partial charge in [0.15, 0.2) is 0 Å². The number of rotatable bonds is 2. The molecule has 3 nitrogen and oxygen atoms in total. The van der Waals surface area contributed by atoms with Crippen LogP contribution in [0.5, 0.6) is 0 Å². The minimum atomic E-state index is -0.705. The Morgan fingerprint density at radius 2 is 2.12 bits per heavy atom. The third-order valence-corrected chi connectivity index (χ3v) is 3.26. The molecular weight excluding hydrogens is 204 g/mol. The van der Waals surface area contributed by atoms with Crippen molar-refractivity contribution in [2.75, 3.05) is 0 Å². The molecular formula is C13H16O3. The Balaban J connectivity index is 2.38. The first-order valence-corrected chi connectivity index (χ1v) is 5.63. The molecule has 16 heavy (non-hydrogen) atoms. The van der Waals surface area contributed by atoms with Crippen LogP contribution in [-0.4, -0.2) is 17.2 Å². The second-order valence-electron chi connectivity index (χ2n) is 4.29. The molecule has 86 valence electrons. The van der Waals surface area contributed by atoms with Crippen LogP contribution in [0.2, 0.25) is 0 Å². The van der Waals surface area contributed by atoms with Crippen LogP contribution in [0.15, 0.2) is 24.3 Å². The number of benzene rings is 1. The van der Waals surface area contributed by atoms with E-state index in [1.54, 1.807) is 18.2 Å². The Hall–Kier alpha value is -1.35. The molecule has 1 aliphatic rings. The van der Waals surface area contributed by atoms with Crippen LogP contribution in [-0.2, 0) is 4.74 Å².